The predicted octanol–water partition coefficient (Wildman–Crippen LogP) is 3.04. The molecule has 1 atom stereocenters. The topological polar surface area (TPSA) is 109 Å². The van der Waals surface area contributed by atoms with E-state index in [1.807, 2.05) is 17.9 Å². The molecule has 2 N–H and O–H groups in total. The van der Waals surface area contributed by atoms with Gasteiger partial charge in [0.05, 0.1) is 7.11 Å². The Labute approximate surface area is 168 Å². The van der Waals surface area contributed by atoms with E-state index in [0.29, 0.717) is 30.6 Å². The number of aromatic amines is 1. The van der Waals surface area contributed by atoms with Gasteiger partial charge < -0.3 is 15.0 Å². The summed E-state index contributed by atoms with van der Waals surface area (Å²) in [6.45, 7) is 6.62. The lowest BCUT2D eigenvalue weighted by atomic mass is 9.85. The van der Waals surface area contributed by atoms with E-state index >= 15 is 0 Å². The molecule has 2 aliphatic rings. The molecule has 28 heavy (non-hydrogen) atoms. The number of esters is 1. The molecule has 1 saturated carbocycles. The highest BCUT2D eigenvalue weighted by Crippen LogP contribution is 2.44. The summed E-state index contributed by atoms with van der Waals surface area (Å²) >= 11 is 6.16. The van der Waals surface area contributed by atoms with Gasteiger partial charge in [-0.3, -0.25) is 5.10 Å². The summed E-state index contributed by atoms with van der Waals surface area (Å²) < 4.78 is 5.05. The fourth-order valence-corrected chi connectivity index (χ4v) is 4.17. The molecule has 10 heteroatoms. The number of ether oxygens (including phenoxy) is 1. The summed E-state index contributed by atoms with van der Waals surface area (Å²) in [5.74, 6) is 1.46. The maximum atomic E-state index is 12.5. The molecule has 4 rings (SSSR count). The maximum absolute atomic E-state index is 12.5. The molecule has 1 aliphatic carbocycles. The monoisotopic (exact) mass is 405 g/mol. The van der Waals surface area contributed by atoms with E-state index in [0.717, 1.165) is 5.69 Å². The molecule has 1 saturated heterocycles. The zero-order valence-electron chi connectivity index (χ0n) is 16.4. The third kappa shape index (κ3) is 3.50. The van der Waals surface area contributed by atoms with Gasteiger partial charge in [0.1, 0.15) is 5.54 Å². The van der Waals surface area contributed by atoms with Gasteiger partial charge in [-0.25, -0.2) is 4.79 Å². The van der Waals surface area contributed by atoms with E-state index in [9.17, 15) is 4.79 Å². The molecule has 2 aromatic rings. The van der Waals surface area contributed by atoms with Crippen molar-refractivity contribution in [3.05, 3.63) is 17.0 Å². The third-order valence-electron chi connectivity index (χ3n) is 5.32. The fourth-order valence-electron chi connectivity index (χ4n) is 4.01. The number of methoxy groups -OCH3 is 1. The van der Waals surface area contributed by atoms with Crippen LogP contribution in [0.15, 0.2) is 6.07 Å². The van der Waals surface area contributed by atoms with Crippen molar-refractivity contribution in [2.45, 2.75) is 51.5 Å². The lowest BCUT2D eigenvalue weighted by Crippen LogP contribution is -2.49. The minimum absolute atomic E-state index is 0.0439. The van der Waals surface area contributed by atoms with Crippen molar-refractivity contribution < 1.29 is 9.53 Å². The molecule has 2 fully saturated rings. The number of anilines is 3. The highest BCUT2D eigenvalue weighted by Gasteiger charge is 2.53. The van der Waals surface area contributed by atoms with Crippen LogP contribution in [0.5, 0.6) is 0 Å². The molecule has 0 bridgehead atoms. The quantitative estimate of drug-likeness (QED) is 0.730. The fraction of sp³-hybridized carbons (Fsp3) is 0.611. The van der Waals surface area contributed by atoms with Crippen LogP contribution in [0.2, 0.25) is 5.28 Å². The average molecular weight is 406 g/mol. The number of carbonyl (C=O) groups is 1. The number of hydrogen-bond donors (Lipinski definition) is 2. The van der Waals surface area contributed by atoms with Crippen molar-refractivity contribution in [3.8, 4) is 0 Å². The van der Waals surface area contributed by atoms with Crippen LogP contribution in [0.1, 0.15) is 51.6 Å². The normalized spacial score (nSPS) is 23.7. The Morgan fingerprint density at radius 3 is 2.75 bits per heavy atom. The molecule has 1 aliphatic heterocycles. The summed E-state index contributed by atoms with van der Waals surface area (Å²) in [7, 11) is 1.39. The zero-order valence-corrected chi connectivity index (χ0v) is 17.2. The van der Waals surface area contributed by atoms with E-state index < -0.39 is 5.54 Å². The van der Waals surface area contributed by atoms with Crippen LogP contribution < -0.4 is 10.2 Å². The van der Waals surface area contributed by atoms with Gasteiger partial charge in [0.15, 0.2) is 5.82 Å². The van der Waals surface area contributed by atoms with Crippen LogP contribution in [0, 0.1) is 5.41 Å². The van der Waals surface area contributed by atoms with Crippen molar-refractivity contribution in [2.24, 2.45) is 5.41 Å². The zero-order chi connectivity index (χ0) is 20.1. The van der Waals surface area contributed by atoms with Gasteiger partial charge in [-0.1, -0.05) is 13.8 Å². The van der Waals surface area contributed by atoms with Crippen molar-refractivity contribution >= 4 is 35.3 Å². The Kier molecular flexibility index (Phi) is 4.45. The number of halogens is 1. The lowest BCUT2D eigenvalue weighted by molar-refractivity contribution is -0.146. The first kappa shape index (κ1) is 18.9. The molecule has 0 radical (unpaired) electrons. The molecule has 0 spiro atoms. The highest BCUT2D eigenvalue weighted by molar-refractivity contribution is 6.28. The Hall–Kier alpha value is -2.42. The number of H-pyrrole nitrogens is 1. The maximum Gasteiger partial charge on any atom is 0.331 e. The minimum atomic E-state index is -0.883. The SMILES string of the molecule is COC(=O)[C@]1(C)CC(C)(C)CN1c1nc(Cl)nc(Nc2cc(C3CC3)[nH]n2)n1. The molecule has 0 amide bonds. The molecule has 0 aromatic carbocycles. The summed E-state index contributed by atoms with van der Waals surface area (Å²) in [5.41, 5.74) is 0.102. The first-order chi connectivity index (χ1) is 13.2. The average Bonchev–Trinajstić information content (AvgIpc) is 3.31. The first-order valence-corrected chi connectivity index (χ1v) is 9.68. The van der Waals surface area contributed by atoms with Crippen LogP contribution in [-0.2, 0) is 9.53 Å². The van der Waals surface area contributed by atoms with E-state index in [1.54, 1.807) is 0 Å². The molecule has 9 nitrogen and oxygen atoms in total. The van der Waals surface area contributed by atoms with Gasteiger partial charge in [-0.15, -0.1) is 0 Å². The van der Waals surface area contributed by atoms with Gasteiger partial charge in [0, 0.05) is 24.2 Å². The van der Waals surface area contributed by atoms with Gasteiger partial charge in [0.25, 0.3) is 0 Å². The van der Waals surface area contributed by atoms with Crippen molar-refractivity contribution in [1.29, 1.82) is 0 Å². The van der Waals surface area contributed by atoms with Crippen molar-refractivity contribution in [3.63, 3.8) is 0 Å². The van der Waals surface area contributed by atoms with E-state index in [4.69, 9.17) is 16.3 Å². The van der Waals surface area contributed by atoms with Crippen LogP contribution >= 0.6 is 11.6 Å². The van der Waals surface area contributed by atoms with Crippen LogP contribution in [0.4, 0.5) is 17.7 Å². The van der Waals surface area contributed by atoms with Gasteiger partial charge in [-0.05, 0) is 43.2 Å². The molecule has 3 heterocycles. The summed E-state index contributed by atoms with van der Waals surface area (Å²) in [4.78, 5) is 27.3. The number of nitrogens with one attached hydrogen (secondary N) is 2. The lowest BCUT2D eigenvalue weighted by Gasteiger charge is -2.32. The summed E-state index contributed by atoms with van der Waals surface area (Å²) in [6, 6.07) is 1.95. The second-order valence-corrected chi connectivity index (χ2v) is 8.87. The molecule has 150 valence electrons. The Bertz CT molecular complexity index is 911. The van der Waals surface area contributed by atoms with Crippen LogP contribution in [-0.4, -0.2) is 50.3 Å². The second kappa shape index (κ2) is 6.58. The van der Waals surface area contributed by atoms with E-state index in [1.165, 1.54) is 20.0 Å². The Balaban J connectivity index is 1.64. The number of hydrogen-bond acceptors (Lipinski definition) is 8. The summed E-state index contributed by atoms with van der Waals surface area (Å²) in [5, 5.41) is 10.4. The smallest absolute Gasteiger partial charge is 0.331 e. The largest absolute Gasteiger partial charge is 0.467 e. The third-order valence-corrected chi connectivity index (χ3v) is 5.49. The predicted molar refractivity (Wildman–Crippen MR) is 105 cm³/mol. The van der Waals surface area contributed by atoms with Gasteiger partial charge in [0.2, 0.25) is 17.2 Å². The van der Waals surface area contributed by atoms with Crippen molar-refractivity contribution in [1.82, 2.24) is 25.1 Å². The van der Waals surface area contributed by atoms with Crippen molar-refractivity contribution in [2.75, 3.05) is 23.9 Å². The van der Waals surface area contributed by atoms with E-state index in [2.05, 4.69) is 44.3 Å². The van der Waals surface area contributed by atoms with Gasteiger partial charge in [-0.2, -0.15) is 20.1 Å². The second-order valence-electron chi connectivity index (χ2n) is 8.53. The molecule has 2 aromatic heterocycles. The first-order valence-electron chi connectivity index (χ1n) is 9.30. The van der Waals surface area contributed by atoms with Gasteiger partial charge >= 0.3 is 5.97 Å². The molecular weight excluding hydrogens is 382 g/mol. The van der Waals surface area contributed by atoms with Crippen LogP contribution in [0.3, 0.4) is 0 Å². The summed E-state index contributed by atoms with van der Waals surface area (Å²) in [6.07, 6.45) is 2.98. The Morgan fingerprint density at radius 1 is 1.32 bits per heavy atom. The number of carbonyl (C=O) groups excluding carboxylic acids is 1. The van der Waals surface area contributed by atoms with Crippen LogP contribution in [0.25, 0.3) is 0 Å². The number of nitrogens with zero attached hydrogens (tertiary/aromatic N) is 5. The standard InChI is InChI=1S/C18H24ClN7O2/c1-17(2)8-18(3,13(27)28-4)26(9-17)16-22-14(19)21-15(23-16)20-12-7-11(24-25-12)10-5-6-10/h7,10H,5-6,8-9H2,1-4H3,(H2,20,21,22,23,24,25)/t18-/m0/s1. The number of aromatic nitrogens is 5. The highest BCUT2D eigenvalue weighted by atomic mass is 35.5. The van der Waals surface area contributed by atoms with E-state index in [-0.39, 0.29) is 22.6 Å². The number of rotatable bonds is 5. The Morgan fingerprint density at radius 2 is 2.07 bits per heavy atom. The molecular formula is C18H24ClN7O2. The minimum Gasteiger partial charge on any atom is -0.467 e. The molecule has 0 unspecified atom stereocenters.